The van der Waals surface area contributed by atoms with Gasteiger partial charge in [0.1, 0.15) is 0 Å². The first kappa shape index (κ1) is 14.5. The van der Waals surface area contributed by atoms with Crippen LogP contribution in [0.3, 0.4) is 0 Å². The normalized spacial score (nSPS) is 21.3. The van der Waals surface area contributed by atoms with Gasteiger partial charge in [0.2, 0.25) is 5.91 Å². The summed E-state index contributed by atoms with van der Waals surface area (Å²) in [5.74, 6) is 0.825. The minimum atomic E-state index is 0.213. The van der Waals surface area contributed by atoms with Crippen molar-refractivity contribution >= 4 is 5.91 Å². The molecule has 0 aromatic heterocycles. The van der Waals surface area contributed by atoms with Gasteiger partial charge in [-0.2, -0.15) is 0 Å². The van der Waals surface area contributed by atoms with Crippen LogP contribution in [-0.2, 0) is 4.79 Å². The zero-order valence-electron chi connectivity index (χ0n) is 11.5. The molecule has 0 aliphatic carbocycles. The second-order valence-electron chi connectivity index (χ2n) is 5.35. The highest BCUT2D eigenvalue weighted by molar-refractivity contribution is 5.73. The molecule has 1 amide bonds. The Morgan fingerprint density at radius 1 is 1.53 bits per heavy atom. The molecule has 0 bridgehead atoms. The summed E-state index contributed by atoms with van der Waals surface area (Å²) in [6.07, 6.45) is 2.37. The van der Waals surface area contributed by atoms with Crippen LogP contribution in [0.25, 0.3) is 0 Å². The molecule has 100 valence electrons. The van der Waals surface area contributed by atoms with Crippen molar-refractivity contribution in [2.24, 2.45) is 11.7 Å². The van der Waals surface area contributed by atoms with Crippen molar-refractivity contribution in [2.75, 3.05) is 32.7 Å². The smallest absolute Gasteiger partial charge is 0.219 e. The molecule has 1 aliphatic heterocycles. The van der Waals surface area contributed by atoms with Crippen LogP contribution in [0.1, 0.15) is 33.6 Å². The SMILES string of the molecule is CC(=O)N1CCC[C@H](CN(CCN)C(C)C)C1. The van der Waals surface area contributed by atoms with E-state index in [4.69, 9.17) is 5.73 Å². The van der Waals surface area contributed by atoms with E-state index in [1.54, 1.807) is 6.92 Å². The average molecular weight is 241 g/mol. The van der Waals surface area contributed by atoms with Gasteiger partial charge >= 0.3 is 0 Å². The lowest BCUT2D eigenvalue weighted by Gasteiger charge is -2.36. The molecule has 0 aromatic carbocycles. The van der Waals surface area contributed by atoms with Gasteiger partial charge < -0.3 is 10.6 Å². The largest absolute Gasteiger partial charge is 0.343 e. The van der Waals surface area contributed by atoms with Gasteiger partial charge in [-0.3, -0.25) is 9.69 Å². The van der Waals surface area contributed by atoms with Crippen molar-refractivity contribution in [1.29, 1.82) is 0 Å². The third-order valence-electron chi connectivity index (χ3n) is 3.60. The van der Waals surface area contributed by atoms with Gasteiger partial charge in [0.05, 0.1) is 0 Å². The first-order valence-electron chi connectivity index (χ1n) is 6.74. The van der Waals surface area contributed by atoms with Crippen molar-refractivity contribution in [3.63, 3.8) is 0 Å². The van der Waals surface area contributed by atoms with Gasteiger partial charge in [-0.25, -0.2) is 0 Å². The van der Waals surface area contributed by atoms with Crippen molar-refractivity contribution in [3.8, 4) is 0 Å². The second-order valence-corrected chi connectivity index (χ2v) is 5.35. The molecular formula is C13H27N3O. The summed E-state index contributed by atoms with van der Waals surface area (Å²) >= 11 is 0. The van der Waals surface area contributed by atoms with E-state index in [-0.39, 0.29) is 5.91 Å². The highest BCUT2D eigenvalue weighted by atomic mass is 16.2. The quantitative estimate of drug-likeness (QED) is 0.778. The number of hydrogen-bond acceptors (Lipinski definition) is 3. The van der Waals surface area contributed by atoms with Crippen LogP contribution in [0.4, 0.5) is 0 Å². The summed E-state index contributed by atoms with van der Waals surface area (Å²) in [4.78, 5) is 15.8. The molecule has 0 radical (unpaired) electrons. The van der Waals surface area contributed by atoms with E-state index in [1.807, 2.05) is 4.90 Å². The molecular weight excluding hydrogens is 214 g/mol. The molecule has 0 unspecified atom stereocenters. The molecule has 4 heteroatoms. The number of hydrogen-bond donors (Lipinski definition) is 1. The summed E-state index contributed by atoms with van der Waals surface area (Å²) < 4.78 is 0. The fraction of sp³-hybridized carbons (Fsp3) is 0.923. The van der Waals surface area contributed by atoms with Crippen LogP contribution < -0.4 is 5.73 Å². The lowest BCUT2D eigenvalue weighted by atomic mass is 9.97. The molecule has 1 atom stereocenters. The number of piperidine rings is 1. The van der Waals surface area contributed by atoms with Crippen molar-refractivity contribution < 1.29 is 4.79 Å². The zero-order chi connectivity index (χ0) is 12.8. The number of amides is 1. The highest BCUT2D eigenvalue weighted by Gasteiger charge is 2.23. The summed E-state index contributed by atoms with van der Waals surface area (Å²) in [6.45, 7) is 10.7. The number of carbonyl (C=O) groups is 1. The Balaban J connectivity index is 2.46. The lowest BCUT2D eigenvalue weighted by molar-refractivity contribution is -0.130. The molecule has 2 N–H and O–H groups in total. The Morgan fingerprint density at radius 2 is 2.24 bits per heavy atom. The van der Waals surface area contributed by atoms with Gasteiger partial charge in [-0.1, -0.05) is 0 Å². The Labute approximate surface area is 105 Å². The Kier molecular flexibility index (Phi) is 5.92. The van der Waals surface area contributed by atoms with Crippen molar-refractivity contribution in [1.82, 2.24) is 9.80 Å². The zero-order valence-corrected chi connectivity index (χ0v) is 11.5. The Morgan fingerprint density at radius 3 is 2.76 bits per heavy atom. The summed E-state index contributed by atoms with van der Waals surface area (Å²) in [5.41, 5.74) is 5.64. The van der Waals surface area contributed by atoms with E-state index in [0.29, 0.717) is 18.5 Å². The topological polar surface area (TPSA) is 49.6 Å². The van der Waals surface area contributed by atoms with E-state index < -0.39 is 0 Å². The summed E-state index contributed by atoms with van der Waals surface area (Å²) in [6, 6.07) is 0.534. The molecule has 1 heterocycles. The van der Waals surface area contributed by atoms with Crippen LogP contribution in [0, 0.1) is 5.92 Å². The molecule has 4 nitrogen and oxygen atoms in total. The van der Waals surface area contributed by atoms with E-state index >= 15 is 0 Å². The maximum atomic E-state index is 11.4. The van der Waals surface area contributed by atoms with E-state index in [2.05, 4.69) is 18.7 Å². The van der Waals surface area contributed by atoms with Crippen LogP contribution in [0.2, 0.25) is 0 Å². The molecule has 17 heavy (non-hydrogen) atoms. The number of nitrogens with zero attached hydrogens (tertiary/aromatic N) is 2. The molecule has 0 aromatic rings. The third kappa shape index (κ3) is 4.64. The highest BCUT2D eigenvalue weighted by Crippen LogP contribution is 2.18. The first-order chi connectivity index (χ1) is 8.04. The van der Waals surface area contributed by atoms with E-state index in [9.17, 15) is 4.79 Å². The monoisotopic (exact) mass is 241 g/mol. The average Bonchev–Trinajstić information content (AvgIpc) is 2.28. The molecule has 1 fully saturated rings. The van der Waals surface area contributed by atoms with Crippen LogP contribution in [0.15, 0.2) is 0 Å². The van der Waals surface area contributed by atoms with E-state index in [0.717, 1.165) is 32.6 Å². The van der Waals surface area contributed by atoms with Crippen molar-refractivity contribution in [3.05, 3.63) is 0 Å². The summed E-state index contributed by atoms with van der Waals surface area (Å²) in [5, 5.41) is 0. The van der Waals surface area contributed by atoms with Crippen LogP contribution in [-0.4, -0.2) is 54.5 Å². The van der Waals surface area contributed by atoms with Gasteiger partial charge in [0.15, 0.2) is 0 Å². The Hall–Kier alpha value is -0.610. The molecule has 0 spiro atoms. The van der Waals surface area contributed by atoms with Gasteiger partial charge in [-0.15, -0.1) is 0 Å². The van der Waals surface area contributed by atoms with Gasteiger partial charge in [0.25, 0.3) is 0 Å². The third-order valence-corrected chi connectivity index (χ3v) is 3.60. The first-order valence-corrected chi connectivity index (χ1v) is 6.74. The van der Waals surface area contributed by atoms with Crippen LogP contribution >= 0.6 is 0 Å². The van der Waals surface area contributed by atoms with Gasteiger partial charge in [0, 0.05) is 45.7 Å². The number of rotatable bonds is 5. The van der Waals surface area contributed by atoms with Gasteiger partial charge in [-0.05, 0) is 32.6 Å². The fourth-order valence-electron chi connectivity index (χ4n) is 2.56. The lowest BCUT2D eigenvalue weighted by Crippen LogP contribution is -2.45. The minimum absolute atomic E-state index is 0.213. The molecule has 1 saturated heterocycles. The van der Waals surface area contributed by atoms with Crippen molar-refractivity contribution in [2.45, 2.75) is 39.7 Å². The number of carbonyl (C=O) groups excluding carboxylic acids is 1. The molecule has 0 saturated carbocycles. The Bertz CT molecular complexity index is 243. The number of likely N-dealkylation sites (tertiary alicyclic amines) is 1. The second kappa shape index (κ2) is 6.97. The molecule has 1 aliphatic rings. The predicted octanol–water partition coefficient (Wildman–Crippen LogP) is 0.914. The standard InChI is InChI=1S/C13H27N3O/c1-11(2)15(8-6-14)9-13-5-4-7-16(10-13)12(3)17/h11,13H,4-10,14H2,1-3H3/t13-/m1/s1. The predicted molar refractivity (Wildman–Crippen MR) is 70.7 cm³/mol. The maximum absolute atomic E-state index is 11.4. The van der Waals surface area contributed by atoms with E-state index in [1.165, 1.54) is 6.42 Å². The molecule has 1 rings (SSSR count). The number of nitrogens with two attached hydrogens (primary N) is 1. The minimum Gasteiger partial charge on any atom is -0.343 e. The maximum Gasteiger partial charge on any atom is 0.219 e. The fourth-order valence-corrected chi connectivity index (χ4v) is 2.56. The van der Waals surface area contributed by atoms with Crippen LogP contribution in [0.5, 0.6) is 0 Å². The summed E-state index contributed by atoms with van der Waals surface area (Å²) in [7, 11) is 0.